The van der Waals surface area contributed by atoms with Crippen molar-refractivity contribution in [1.82, 2.24) is 20.3 Å². The van der Waals surface area contributed by atoms with Crippen molar-refractivity contribution in [2.45, 2.75) is 6.04 Å². The number of hydrogen-bond donors (Lipinski definition) is 2. The third kappa shape index (κ3) is 4.34. The lowest BCUT2D eigenvalue weighted by Gasteiger charge is -2.32. The second-order valence-electron chi connectivity index (χ2n) is 10.9. The monoisotopic (exact) mass is 553 g/mol. The molecule has 5 heteroatoms. The third-order valence-electron chi connectivity index (χ3n) is 8.37. The molecule has 6 aromatic rings. The maximum absolute atomic E-state index is 8.60. The number of aromatic nitrogens is 3. The first-order chi connectivity index (χ1) is 21.2. The zero-order valence-electron chi connectivity index (χ0n) is 23.3. The van der Waals surface area contributed by atoms with Crippen LogP contribution in [-0.2, 0) is 0 Å². The van der Waals surface area contributed by atoms with Gasteiger partial charge in [-0.1, -0.05) is 91.0 Å². The second kappa shape index (κ2) is 10.3. The van der Waals surface area contributed by atoms with Gasteiger partial charge in [-0.3, -0.25) is 9.97 Å². The van der Waals surface area contributed by atoms with Gasteiger partial charge in [0.15, 0.2) is 0 Å². The van der Waals surface area contributed by atoms with Crippen LogP contribution in [0.25, 0.3) is 49.9 Å². The molecule has 1 aliphatic heterocycles. The summed E-state index contributed by atoms with van der Waals surface area (Å²) in [6, 6.07) is 33.4. The number of nitrogens with one attached hydrogen (secondary N) is 2. The van der Waals surface area contributed by atoms with Gasteiger partial charge in [-0.2, -0.15) is 0 Å². The molecule has 2 unspecified atom stereocenters. The van der Waals surface area contributed by atoms with E-state index in [4.69, 9.17) is 20.4 Å². The van der Waals surface area contributed by atoms with Crippen molar-refractivity contribution in [3.8, 4) is 22.5 Å². The lowest BCUT2D eigenvalue weighted by Crippen LogP contribution is -2.32. The summed E-state index contributed by atoms with van der Waals surface area (Å²) in [6.45, 7) is 0. The Labute approximate surface area is 249 Å². The normalized spacial score (nSPS) is 17.5. The minimum Gasteiger partial charge on any atom is -0.383 e. The van der Waals surface area contributed by atoms with Crippen molar-refractivity contribution >= 4 is 33.1 Å². The molecule has 8 rings (SSSR count). The molecule has 3 aromatic carbocycles. The zero-order valence-corrected chi connectivity index (χ0v) is 23.3. The number of benzene rings is 3. The molecule has 0 saturated carbocycles. The molecule has 0 bridgehead atoms. The maximum atomic E-state index is 8.60. The average Bonchev–Trinajstić information content (AvgIpc) is 3.07. The number of allylic oxidation sites excluding steroid dienone is 3. The average molecular weight is 554 g/mol. The number of para-hydroxylation sites is 2. The van der Waals surface area contributed by atoms with Crippen LogP contribution in [0.2, 0.25) is 0 Å². The van der Waals surface area contributed by atoms with Crippen LogP contribution in [0.1, 0.15) is 22.7 Å². The van der Waals surface area contributed by atoms with Gasteiger partial charge >= 0.3 is 0 Å². The van der Waals surface area contributed by atoms with Crippen LogP contribution in [0.4, 0.5) is 0 Å². The molecular weight excluding hydrogens is 526 g/mol. The fraction of sp³-hybridized carbons (Fsp3) is 0.0526. The summed E-state index contributed by atoms with van der Waals surface area (Å²) in [5, 5.41) is 14.4. The smallest absolute Gasteiger partial charge is 0.0795 e. The number of rotatable bonds is 4. The summed E-state index contributed by atoms with van der Waals surface area (Å²) in [5.74, 6) is -0.0453. The highest BCUT2D eigenvalue weighted by Gasteiger charge is 2.30. The van der Waals surface area contributed by atoms with Crippen LogP contribution in [0.3, 0.4) is 0 Å². The number of pyridine rings is 3. The van der Waals surface area contributed by atoms with Crippen LogP contribution in [-0.4, -0.2) is 20.7 Å². The van der Waals surface area contributed by atoms with E-state index in [1.165, 1.54) is 5.56 Å². The SMILES string of the molecule is N=C1C=CC=CC1C1NC=C(c2cc(-c3cccc4cccnc34)nc(-c3cccc4cccnc34)c2)c2ccccc21. The summed E-state index contributed by atoms with van der Waals surface area (Å²) in [5.41, 5.74) is 10.6. The van der Waals surface area contributed by atoms with Crippen molar-refractivity contribution in [3.63, 3.8) is 0 Å². The summed E-state index contributed by atoms with van der Waals surface area (Å²) in [4.78, 5) is 14.7. The minimum atomic E-state index is -0.0453. The van der Waals surface area contributed by atoms with E-state index < -0.39 is 0 Å². The van der Waals surface area contributed by atoms with Gasteiger partial charge in [0.05, 0.1) is 28.5 Å². The van der Waals surface area contributed by atoms with Gasteiger partial charge in [0.25, 0.3) is 0 Å². The van der Waals surface area contributed by atoms with Gasteiger partial charge in [-0.15, -0.1) is 0 Å². The Morgan fingerprint density at radius 3 is 1.95 bits per heavy atom. The van der Waals surface area contributed by atoms with Gasteiger partial charge in [-0.05, 0) is 47.0 Å². The first-order valence-electron chi connectivity index (χ1n) is 14.4. The van der Waals surface area contributed by atoms with Crippen LogP contribution in [0.5, 0.6) is 0 Å². The van der Waals surface area contributed by atoms with E-state index in [9.17, 15) is 0 Å². The first-order valence-corrected chi connectivity index (χ1v) is 14.4. The largest absolute Gasteiger partial charge is 0.383 e. The molecule has 1 aliphatic carbocycles. The summed E-state index contributed by atoms with van der Waals surface area (Å²) < 4.78 is 0. The Hall–Kier alpha value is -5.68. The topological polar surface area (TPSA) is 74.6 Å². The van der Waals surface area contributed by atoms with E-state index in [1.807, 2.05) is 42.8 Å². The van der Waals surface area contributed by atoms with Crippen molar-refractivity contribution in [1.29, 1.82) is 5.41 Å². The molecule has 2 aliphatic rings. The second-order valence-corrected chi connectivity index (χ2v) is 10.9. The molecule has 0 saturated heterocycles. The third-order valence-corrected chi connectivity index (χ3v) is 8.37. The Bertz CT molecular complexity index is 2050. The van der Waals surface area contributed by atoms with E-state index in [2.05, 4.69) is 103 Å². The number of fused-ring (bicyclic) bond motifs is 3. The predicted octanol–water partition coefficient (Wildman–Crippen LogP) is 8.31. The lowest BCUT2D eigenvalue weighted by molar-refractivity contribution is 0.554. The van der Waals surface area contributed by atoms with Crippen LogP contribution >= 0.6 is 0 Å². The highest BCUT2D eigenvalue weighted by Crippen LogP contribution is 2.40. The van der Waals surface area contributed by atoms with E-state index in [0.717, 1.165) is 61.0 Å². The molecule has 43 heavy (non-hydrogen) atoms. The molecule has 0 fully saturated rings. The van der Waals surface area contributed by atoms with Crippen LogP contribution in [0, 0.1) is 11.3 Å². The van der Waals surface area contributed by atoms with E-state index >= 15 is 0 Å². The molecule has 0 spiro atoms. The number of nitrogens with zero attached hydrogens (tertiary/aromatic N) is 3. The molecule has 204 valence electrons. The Balaban J connectivity index is 1.34. The van der Waals surface area contributed by atoms with Crippen molar-refractivity contribution < 1.29 is 0 Å². The standard InChI is InChI=1S/C38H27N5/c39-33-18-4-3-15-29(33)38-28-14-2-1-13-27(28)32(23-42-38)26-21-34(30-16-5-9-24-11-7-19-40-36(24)30)43-35(22-26)31-17-6-10-25-12-8-20-41-37(25)31/h1-23,29,38-39,42H. The van der Waals surface area contributed by atoms with Gasteiger partial charge in [0.1, 0.15) is 0 Å². The maximum Gasteiger partial charge on any atom is 0.0795 e. The minimum absolute atomic E-state index is 0.0287. The number of hydrogen-bond acceptors (Lipinski definition) is 5. The predicted molar refractivity (Wildman–Crippen MR) is 175 cm³/mol. The van der Waals surface area contributed by atoms with Crippen molar-refractivity contribution in [2.24, 2.45) is 5.92 Å². The van der Waals surface area contributed by atoms with E-state index in [-0.39, 0.29) is 12.0 Å². The molecule has 0 amide bonds. The van der Waals surface area contributed by atoms with Gasteiger partial charge in [0, 0.05) is 57.7 Å². The van der Waals surface area contributed by atoms with Gasteiger partial charge < -0.3 is 10.7 Å². The van der Waals surface area contributed by atoms with Gasteiger partial charge in [0.2, 0.25) is 0 Å². The summed E-state index contributed by atoms with van der Waals surface area (Å²) in [7, 11) is 0. The highest BCUT2D eigenvalue weighted by molar-refractivity contribution is 5.99. The molecule has 4 heterocycles. The Morgan fingerprint density at radius 2 is 1.28 bits per heavy atom. The van der Waals surface area contributed by atoms with E-state index in [1.54, 1.807) is 0 Å². The van der Waals surface area contributed by atoms with Crippen LogP contribution in [0.15, 0.2) is 140 Å². The van der Waals surface area contributed by atoms with E-state index in [0.29, 0.717) is 5.71 Å². The zero-order chi connectivity index (χ0) is 28.8. The fourth-order valence-electron chi connectivity index (χ4n) is 6.32. The molecule has 0 radical (unpaired) electrons. The van der Waals surface area contributed by atoms with Gasteiger partial charge in [-0.25, -0.2) is 4.98 Å². The van der Waals surface area contributed by atoms with Crippen molar-refractivity contribution in [3.05, 3.63) is 157 Å². The summed E-state index contributed by atoms with van der Waals surface area (Å²) in [6.07, 6.45) is 13.7. The molecule has 3 aromatic heterocycles. The first kappa shape index (κ1) is 25.1. The molecule has 5 nitrogen and oxygen atoms in total. The molecule has 2 atom stereocenters. The highest BCUT2D eigenvalue weighted by atomic mass is 14.9. The molecular formula is C38H27N5. The quantitative estimate of drug-likeness (QED) is 0.230. The fourth-order valence-corrected chi connectivity index (χ4v) is 6.32. The van der Waals surface area contributed by atoms with Crippen LogP contribution < -0.4 is 5.32 Å². The van der Waals surface area contributed by atoms with Crippen molar-refractivity contribution in [2.75, 3.05) is 0 Å². The summed E-state index contributed by atoms with van der Waals surface area (Å²) >= 11 is 0. The lowest BCUT2D eigenvalue weighted by atomic mass is 9.80. The Kier molecular flexibility index (Phi) is 6.00. The Morgan fingerprint density at radius 1 is 0.651 bits per heavy atom. The molecule has 2 N–H and O–H groups in total.